The second-order valence-corrected chi connectivity index (χ2v) is 4.93. The summed E-state index contributed by atoms with van der Waals surface area (Å²) < 4.78 is 1.11. The summed E-state index contributed by atoms with van der Waals surface area (Å²) in [5.74, 6) is 0. The molecule has 0 radical (unpaired) electrons. The molecule has 0 unspecified atom stereocenters. The van der Waals surface area contributed by atoms with Crippen molar-refractivity contribution in [2.75, 3.05) is 5.32 Å². The Balaban J connectivity index is 2.05. The van der Waals surface area contributed by atoms with Gasteiger partial charge in [0.2, 0.25) is 0 Å². The van der Waals surface area contributed by atoms with Crippen LogP contribution in [0.1, 0.15) is 11.3 Å². The van der Waals surface area contributed by atoms with Gasteiger partial charge in [0.1, 0.15) is 0 Å². The molecular formula is C11H11BrN2S. The van der Waals surface area contributed by atoms with Gasteiger partial charge in [-0.3, -0.25) is 0 Å². The Hall–Kier alpha value is -0.870. The van der Waals surface area contributed by atoms with Crippen LogP contribution in [0, 0.1) is 6.92 Å². The van der Waals surface area contributed by atoms with Crippen LogP contribution >= 0.6 is 27.3 Å². The molecule has 0 bridgehead atoms. The number of aromatic nitrogens is 1. The summed E-state index contributed by atoms with van der Waals surface area (Å²) in [6.07, 6.45) is 0. The van der Waals surface area contributed by atoms with E-state index in [4.69, 9.17) is 0 Å². The van der Waals surface area contributed by atoms with E-state index in [1.807, 2.05) is 11.6 Å². The lowest BCUT2D eigenvalue weighted by Crippen LogP contribution is -2.00. The fourth-order valence-electron chi connectivity index (χ4n) is 1.34. The van der Waals surface area contributed by atoms with Gasteiger partial charge >= 0.3 is 0 Å². The first-order chi connectivity index (χ1) is 7.25. The highest BCUT2D eigenvalue weighted by atomic mass is 79.9. The number of anilines is 1. The number of halogens is 1. The SMILES string of the molecule is Cc1cc(Br)ccc1NCc1cscn1. The van der Waals surface area contributed by atoms with Crippen molar-refractivity contribution in [3.8, 4) is 0 Å². The highest BCUT2D eigenvalue weighted by molar-refractivity contribution is 9.10. The van der Waals surface area contributed by atoms with Crippen molar-refractivity contribution >= 4 is 33.0 Å². The maximum Gasteiger partial charge on any atom is 0.0795 e. The monoisotopic (exact) mass is 282 g/mol. The van der Waals surface area contributed by atoms with E-state index in [1.165, 1.54) is 5.56 Å². The van der Waals surface area contributed by atoms with E-state index >= 15 is 0 Å². The van der Waals surface area contributed by atoms with Crippen molar-refractivity contribution in [1.82, 2.24) is 4.98 Å². The Morgan fingerprint density at radius 3 is 3.00 bits per heavy atom. The number of hydrogen-bond acceptors (Lipinski definition) is 3. The van der Waals surface area contributed by atoms with Crippen LogP contribution in [0.25, 0.3) is 0 Å². The number of rotatable bonds is 3. The van der Waals surface area contributed by atoms with E-state index in [-0.39, 0.29) is 0 Å². The van der Waals surface area contributed by atoms with Gasteiger partial charge in [-0.1, -0.05) is 15.9 Å². The second kappa shape index (κ2) is 4.77. The summed E-state index contributed by atoms with van der Waals surface area (Å²) in [7, 11) is 0. The van der Waals surface area contributed by atoms with Crippen LogP contribution in [0.15, 0.2) is 33.6 Å². The topological polar surface area (TPSA) is 24.9 Å². The standard InChI is InChI=1S/C11H11BrN2S/c1-8-4-9(12)2-3-11(8)13-5-10-6-15-7-14-10/h2-4,6-7,13H,5H2,1H3. The quantitative estimate of drug-likeness (QED) is 0.926. The Labute approximate surface area is 101 Å². The number of nitrogens with zero attached hydrogens (tertiary/aromatic N) is 1. The molecule has 0 amide bonds. The number of thiazole rings is 1. The summed E-state index contributed by atoms with van der Waals surface area (Å²) in [5.41, 5.74) is 5.33. The number of hydrogen-bond donors (Lipinski definition) is 1. The summed E-state index contributed by atoms with van der Waals surface area (Å²) in [6.45, 7) is 2.88. The lowest BCUT2D eigenvalue weighted by molar-refractivity contribution is 1.07. The molecule has 4 heteroatoms. The Morgan fingerprint density at radius 1 is 1.47 bits per heavy atom. The first-order valence-electron chi connectivity index (χ1n) is 4.63. The second-order valence-electron chi connectivity index (χ2n) is 3.29. The molecule has 0 saturated heterocycles. The zero-order chi connectivity index (χ0) is 10.7. The van der Waals surface area contributed by atoms with E-state index in [2.05, 4.69) is 50.7 Å². The lowest BCUT2D eigenvalue weighted by atomic mass is 10.2. The van der Waals surface area contributed by atoms with Gasteiger partial charge in [-0.25, -0.2) is 4.98 Å². The average molecular weight is 283 g/mol. The first kappa shape index (κ1) is 10.6. The molecule has 2 aromatic rings. The van der Waals surface area contributed by atoms with E-state index in [1.54, 1.807) is 11.3 Å². The third-order valence-electron chi connectivity index (χ3n) is 2.13. The number of benzene rings is 1. The molecule has 15 heavy (non-hydrogen) atoms. The van der Waals surface area contributed by atoms with Gasteiger partial charge in [-0.05, 0) is 30.7 Å². The van der Waals surface area contributed by atoms with Gasteiger partial charge in [-0.15, -0.1) is 11.3 Å². The molecule has 0 atom stereocenters. The molecular weight excluding hydrogens is 272 g/mol. The molecule has 1 aromatic carbocycles. The molecule has 1 aromatic heterocycles. The van der Waals surface area contributed by atoms with Crippen molar-refractivity contribution in [3.63, 3.8) is 0 Å². The van der Waals surface area contributed by atoms with E-state index < -0.39 is 0 Å². The minimum absolute atomic E-state index is 0.784. The predicted octanol–water partition coefficient (Wildman–Crippen LogP) is 3.83. The Kier molecular flexibility index (Phi) is 3.38. The van der Waals surface area contributed by atoms with Gasteiger partial charge < -0.3 is 5.32 Å². The fourth-order valence-corrected chi connectivity index (χ4v) is 2.37. The van der Waals surface area contributed by atoms with Gasteiger partial charge in [0, 0.05) is 15.5 Å². The minimum atomic E-state index is 0.784. The van der Waals surface area contributed by atoms with Crippen LogP contribution in [-0.2, 0) is 6.54 Å². The lowest BCUT2D eigenvalue weighted by Gasteiger charge is -2.08. The molecule has 2 rings (SSSR count). The number of nitrogens with one attached hydrogen (secondary N) is 1. The molecule has 0 saturated carbocycles. The molecule has 0 fully saturated rings. The van der Waals surface area contributed by atoms with Crippen molar-refractivity contribution in [1.29, 1.82) is 0 Å². The normalized spacial score (nSPS) is 10.3. The third kappa shape index (κ3) is 2.79. The summed E-state index contributed by atoms with van der Waals surface area (Å²) in [6, 6.07) is 6.21. The van der Waals surface area contributed by atoms with Crippen LogP contribution in [0.2, 0.25) is 0 Å². The largest absolute Gasteiger partial charge is 0.379 e. The number of aryl methyl sites for hydroxylation is 1. The van der Waals surface area contributed by atoms with Gasteiger partial charge in [0.25, 0.3) is 0 Å². The van der Waals surface area contributed by atoms with Crippen LogP contribution < -0.4 is 5.32 Å². The van der Waals surface area contributed by atoms with Crippen LogP contribution in [0.4, 0.5) is 5.69 Å². The zero-order valence-corrected chi connectivity index (χ0v) is 10.7. The molecule has 0 spiro atoms. The van der Waals surface area contributed by atoms with Crippen molar-refractivity contribution in [2.45, 2.75) is 13.5 Å². The first-order valence-corrected chi connectivity index (χ1v) is 6.36. The van der Waals surface area contributed by atoms with Crippen LogP contribution in [-0.4, -0.2) is 4.98 Å². The van der Waals surface area contributed by atoms with Crippen molar-refractivity contribution in [2.24, 2.45) is 0 Å². The molecule has 0 aliphatic carbocycles. The van der Waals surface area contributed by atoms with Gasteiger partial charge in [-0.2, -0.15) is 0 Å². The smallest absolute Gasteiger partial charge is 0.0795 e. The molecule has 0 aliphatic rings. The Bertz CT molecular complexity index is 440. The van der Waals surface area contributed by atoms with E-state index in [0.717, 1.165) is 22.4 Å². The third-order valence-corrected chi connectivity index (χ3v) is 3.26. The minimum Gasteiger partial charge on any atom is -0.379 e. The Morgan fingerprint density at radius 2 is 2.33 bits per heavy atom. The van der Waals surface area contributed by atoms with E-state index in [0.29, 0.717) is 0 Å². The van der Waals surface area contributed by atoms with Gasteiger partial charge in [0.05, 0.1) is 17.7 Å². The van der Waals surface area contributed by atoms with Gasteiger partial charge in [0.15, 0.2) is 0 Å². The van der Waals surface area contributed by atoms with Crippen molar-refractivity contribution < 1.29 is 0 Å². The fraction of sp³-hybridized carbons (Fsp3) is 0.182. The highest BCUT2D eigenvalue weighted by Gasteiger charge is 1.99. The van der Waals surface area contributed by atoms with Crippen LogP contribution in [0.5, 0.6) is 0 Å². The molecule has 78 valence electrons. The van der Waals surface area contributed by atoms with Crippen molar-refractivity contribution in [3.05, 3.63) is 44.8 Å². The molecule has 1 N–H and O–H groups in total. The molecule has 0 aliphatic heterocycles. The maximum atomic E-state index is 4.23. The summed E-state index contributed by atoms with van der Waals surface area (Å²) >= 11 is 5.07. The van der Waals surface area contributed by atoms with Crippen LogP contribution in [0.3, 0.4) is 0 Å². The highest BCUT2D eigenvalue weighted by Crippen LogP contribution is 2.20. The zero-order valence-electron chi connectivity index (χ0n) is 8.33. The average Bonchev–Trinajstić information content (AvgIpc) is 2.69. The molecule has 2 nitrogen and oxygen atoms in total. The van der Waals surface area contributed by atoms with E-state index in [9.17, 15) is 0 Å². The summed E-state index contributed by atoms with van der Waals surface area (Å²) in [4.78, 5) is 4.23. The maximum absolute atomic E-state index is 4.23. The molecule has 1 heterocycles. The predicted molar refractivity (Wildman–Crippen MR) is 68.3 cm³/mol. The summed E-state index contributed by atoms with van der Waals surface area (Å²) in [5, 5.41) is 5.42.